The summed E-state index contributed by atoms with van der Waals surface area (Å²) in [5.74, 6) is 1.12. The van der Waals surface area contributed by atoms with Crippen molar-refractivity contribution in [2.75, 3.05) is 13.7 Å². The maximum absolute atomic E-state index is 11.8. The van der Waals surface area contributed by atoms with E-state index in [1.165, 1.54) is 0 Å². The Bertz CT molecular complexity index is 760. The van der Waals surface area contributed by atoms with Gasteiger partial charge in [-0.1, -0.05) is 12.1 Å². The standard InChI is InChI=1S/C18H19BrN2O3/c1-12-5-4-6-16(13(12)2)24-11-18(22)21-20-10-14-7-8-17(23-3)15(19)9-14/h4-10H,11H2,1-3H3,(H,21,22)/b20-10-. The molecule has 1 N–H and O–H groups in total. The van der Waals surface area contributed by atoms with Gasteiger partial charge < -0.3 is 9.47 Å². The first kappa shape index (κ1) is 18.0. The number of benzene rings is 2. The molecule has 0 bridgehead atoms. The van der Waals surface area contributed by atoms with Gasteiger partial charge in [-0.2, -0.15) is 5.10 Å². The lowest BCUT2D eigenvalue weighted by Crippen LogP contribution is -2.24. The van der Waals surface area contributed by atoms with E-state index in [0.29, 0.717) is 5.75 Å². The number of methoxy groups -OCH3 is 1. The number of nitrogens with zero attached hydrogens (tertiary/aromatic N) is 1. The maximum Gasteiger partial charge on any atom is 0.277 e. The topological polar surface area (TPSA) is 59.9 Å². The second-order valence-electron chi connectivity index (χ2n) is 5.17. The van der Waals surface area contributed by atoms with Crippen molar-refractivity contribution in [2.45, 2.75) is 13.8 Å². The van der Waals surface area contributed by atoms with Crippen molar-refractivity contribution in [3.8, 4) is 11.5 Å². The van der Waals surface area contributed by atoms with E-state index < -0.39 is 0 Å². The van der Waals surface area contributed by atoms with Gasteiger partial charge in [-0.3, -0.25) is 4.79 Å². The van der Waals surface area contributed by atoms with Gasteiger partial charge in [-0.15, -0.1) is 0 Å². The lowest BCUT2D eigenvalue weighted by molar-refractivity contribution is -0.123. The molecule has 0 aliphatic rings. The monoisotopic (exact) mass is 390 g/mol. The zero-order valence-corrected chi connectivity index (χ0v) is 15.4. The van der Waals surface area contributed by atoms with Crippen LogP contribution >= 0.6 is 15.9 Å². The highest BCUT2D eigenvalue weighted by atomic mass is 79.9. The number of nitrogens with one attached hydrogen (secondary N) is 1. The van der Waals surface area contributed by atoms with Gasteiger partial charge in [0.15, 0.2) is 6.61 Å². The molecule has 6 heteroatoms. The molecule has 126 valence electrons. The molecule has 0 aliphatic carbocycles. The smallest absolute Gasteiger partial charge is 0.277 e. The van der Waals surface area contributed by atoms with E-state index in [2.05, 4.69) is 26.5 Å². The van der Waals surface area contributed by atoms with E-state index in [9.17, 15) is 4.79 Å². The second kappa shape index (κ2) is 8.49. The molecule has 24 heavy (non-hydrogen) atoms. The Kier molecular flexibility index (Phi) is 6.37. The summed E-state index contributed by atoms with van der Waals surface area (Å²) in [6.07, 6.45) is 1.56. The van der Waals surface area contributed by atoms with E-state index in [1.807, 2.05) is 50.2 Å². The fourth-order valence-electron chi connectivity index (χ4n) is 2.00. The van der Waals surface area contributed by atoms with Gasteiger partial charge >= 0.3 is 0 Å². The minimum Gasteiger partial charge on any atom is -0.496 e. The number of hydrazone groups is 1. The van der Waals surface area contributed by atoms with Gasteiger partial charge in [0.05, 0.1) is 17.8 Å². The highest BCUT2D eigenvalue weighted by Crippen LogP contribution is 2.24. The largest absolute Gasteiger partial charge is 0.496 e. The molecule has 1 amide bonds. The summed E-state index contributed by atoms with van der Waals surface area (Å²) in [6.45, 7) is 3.87. The molecular formula is C18H19BrN2O3. The fourth-order valence-corrected chi connectivity index (χ4v) is 2.56. The summed E-state index contributed by atoms with van der Waals surface area (Å²) in [5, 5.41) is 3.92. The van der Waals surface area contributed by atoms with Gasteiger partial charge in [-0.25, -0.2) is 5.43 Å². The number of hydrogen-bond donors (Lipinski definition) is 1. The summed E-state index contributed by atoms with van der Waals surface area (Å²) in [7, 11) is 1.60. The zero-order valence-electron chi connectivity index (χ0n) is 13.8. The van der Waals surface area contributed by atoms with E-state index in [4.69, 9.17) is 9.47 Å². The lowest BCUT2D eigenvalue weighted by Gasteiger charge is -2.09. The number of carbonyl (C=O) groups excluding carboxylic acids is 1. The quantitative estimate of drug-likeness (QED) is 0.605. The predicted octanol–water partition coefficient (Wildman–Crippen LogP) is 3.60. The predicted molar refractivity (Wildman–Crippen MR) is 97.8 cm³/mol. The van der Waals surface area contributed by atoms with Crippen LogP contribution in [0, 0.1) is 13.8 Å². The number of rotatable bonds is 6. The first-order valence-corrected chi connectivity index (χ1v) is 8.15. The van der Waals surface area contributed by atoms with Crippen LogP contribution < -0.4 is 14.9 Å². The van der Waals surface area contributed by atoms with Gasteiger partial charge in [0, 0.05) is 0 Å². The molecule has 0 aliphatic heterocycles. The van der Waals surface area contributed by atoms with Crippen LogP contribution in [0.15, 0.2) is 46.0 Å². The van der Waals surface area contributed by atoms with Crippen LogP contribution in [0.3, 0.4) is 0 Å². The maximum atomic E-state index is 11.8. The summed E-state index contributed by atoms with van der Waals surface area (Å²) in [4.78, 5) is 11.8. The summed E-state index contributed by atoms with van der Waals surface area (Å²) >= 11 is 3.40. The van der Waals surface area contributed by atoms with Crippen LogP contribution in [0.25, 0.3) is 0 Å². The third-order valence-electron chi connectivity index (χ3n) is 3.49. The number of hydrogen-bond acceptors (Lipinski definition) is 4. The Labute approximate surface area is 149 Å². The van der Waals surface area contributed by atoms with E-state index in [1.54, 1.807) is 13.3 Å². The zero-order chi connectivity index (χ0) is 17.5. The molecule has 0 unspecified atom stereocenters. The van der Waals surface area contributed by atoms with Crippen molar-refractivity contribution < 1.29 is 14.3 Å². The number of halogens is 1. The Hall–Kier alpha value is -2.34. The van der Waals surface area contributed by atoms with Gasteiger partial charge in [0.1, 0.15) is 11.5 Å². The van der Waals surface area contributed by atoms with E-state index in [0.717, 1.165) is 26.9 Å². The molecule has 2 aromatic rings. The molecule has 0 aromatic heterocycles. The molecule has 5 nitrogen and oxygen atoms in total. The van der Waals surface area contributed by atoms with Crippen molar-refractivity contribution in [2.24, 2.45) is 5.10 Å². The van der Waals surface area contributed by atoms with Crippen LogP contribution in [0.4, 0.5) is 0 Å². The van der Waals surface area contributed by atoms with E-state index >= 15 is 0 Å². The Balaban J connectivity index is 1.86. The van der Waals surface area contributed by atoms with Crippen LogP contribution in [0.1, 0.15) is 16.7 Å². The fraction of sp³-hybridized carbons (Fsp3) is 0.222. The van der Waals surface area contributed by atoms with Crippen LogP contribution in [-0.2, 0) is 4.79 Å². The first-order chi connectivity index (χ1) is 11.5. The molecule has 2 rings (SSSR count). The second-order valence-corrected chi connectivity index (χ2v) is 6.03. The lowest BCUT2D eigenvalue weighted by atomic mass is 10.1. The number of ether oxygens (including phenoxy) is 2. The Morgan fingerprint density at radius 3 is 2.75 bits per heavy atom. The third kappa shape index (κ3) is 4.83. The summed E-state index contributed by atoms with van der Waals surface area (Å²) in [6, 6.07) is 11.2. The molecule has 2 aromatic carbocycles. The molecule has 0 heterocycles. The third-order valence-corrected chi connectivity index (χ3v) is 4.11. The SMILES string of the molecule is COc1ccc(/C=N\NC(=O)COc2cccc(C)c2C)cc1Br. The van der Waals surface area contributed by atoms with Crippen molar-refractivity contribution in [1.82, 2.24) is 5.43 Å². The van der Waals surface area contributed by atoms with Crippen molar-refractivity contribution in [3.05, 3.63) is 57.6 Å². The Morgan fingerprint density at radius 1 is 1.25 bits per heavy atom. The summed E-state index contributed by atoms with van der Waals surface area (Å²) in [5.41, 5.74) is 5.42. The van der Waals surface area contributed by atoms with Gasteiger partial charge in [0.2, 0.25) is 0 Å². The van der Waals surface area contributed by atoms with Gasteiger partial charge in [-0.05, 0) is 70.7 Å². The minimum absolute atomic E-state index is 0.0893. The molecular weight excluding hydrogens is 372 g/mol. The number of amides is 1. The minimum atomic E-state index is -0.320. The van der Waals surface area contributed by atoms with E-state index in [-0.39, 0.29) is 12.5 Å². The average molecular weight is 391 g/mol. The first-order valence-electron chi connectivity index (χ1n) is 7.35. The molecule has 0 atom stereocenters. The van der Waals surface area contributed by atoms with Crippen LogP contribution in [0.2, 0.25) is 0 Å². The molecule has 0 saturated carbocycles. The number of carbonyl (C=O) groups is 1. The highest BCUT2D eigenvalue weighted by molar-refractivity contribution is 9.10. The van der Waals surface area contributed by atoms with Crippen molar-refractivity contribution in [1.29, 1.82) is 0 Å². The van der Waals surface area contributed by atoms with Gasteiger partial charge in [0.25, 0.3) is 5.91 Å². The summed E-state index contributed by atoms with van der Waals surface area (Å²) < 4.78 is 11.5. The van der Waals surface area contributed by atoms with Crippen LogP contribution in [0.5, 0.6) is 11.5 Å². The van der Waals surface area contributed by atoms with Crippen LogP contribution in [-0.4, -0.2) is 25.8 Å². The number of aryl methyl sites for hydroxylation is 1. The Morgan fingerprint density at radius 2 is 2.04 bits per heavy atom. The molecule has 0 fully saturated rings. The average Bonchev–Trinajstić information content (AvgIpc) is 2.56. The van der Waals surface area contributed by atoms with Crippen molar-refractivity contribution >= 4 is 28.1 Å². The molecule has 0 saturated heterocycles. The normalized spacial score (nSPS) is 10.7. The highest BCUT2D eigenvalue weighted by Gasteiger charge is 2.05. The molecule has 0 radical (unpaired) electrons. The van der Waals surface area contributed by atoms with Crippen molar-refractivity contribution in [3.63, 3.8) is 0 Å². The molecule has 0 spiro atoms.